The molecule has 0 saturated carbocycles. The third kappa shape index (κ3) is 2.34. The minimum absolute atomic E-state index is 0.213. The van der Waals surface area contributed by atoms with Gasteiger partial charge < -0.3 is 10.4 Å². The quantitative estimate of drug-likeness (QED) is 0.845. The number of aromatic nitrogens is 2. The summed E-state index contributed by atoms with van der Waals surface area (Å²) in [5.74, 6) is -0.969. The second-order valence-corrected chi connectivity index (χ2v) is 3.78. The van der Waals surface area contributed by atoms with Gasteiger partial charge >= 0.3 is 5.97 Å². The van der Waals surface area contributed by atoms with Crippen LogP contribution in [0.2, 0.25) is 0 Å². The highest BCUT2D eigenvalue weighted by molar-refractivity contribution is 7.07. The van der Waals surface area contributed by atoms with Gasteiger partial charge in [-0.05, 0) is 6.07 Å². The summed E-state index contributed by atoms with van der Waals surface area (Å²) in [6, 6.07) is 1.46. The van der Waals surface area contributed by atoms with Gasteiger partial charge in [-0.3, -0.25) is 4.98 Å². The number of anilines is 1. The zero-order valence-corrected chi connectivity index (χ0v) is 9.07. The van der Waals surface area contributed by atoms with E-state index >= 15 is 0 Å². The molecule has 16 heavy (non-hydrogen) atoms. The lowest BCUT2D eigenvalue weighted by atomic mass is 10.2. The highest BCUT2D eigenvalue weighted by atomic mass is 32.1. The lowest BCUT2D eigenvalue weighted by Gasteiger charge is -2.06. The minimum Gasteiger partial charge on any atom is -0.478 e. The van der Waals surface area contributed by atoms with E-state index in [1.807, 2.05) is 5.38 Å². The fraction of sp³-hybridized carbons (Fsp3) is 0.100. The second kappa shape index (κ2) is 4.71. The van der Waals surface area contributed by atoms with Gasteiger partial charge in [0.1, 0.15) is 0 Å². The molecule has 82 valence electrons. The normalized spacial score (nSPS) is 10.0. The maximum Gasteiger partial charge on any atom is 0.337 e. The van der Waals surface area contributed by atoms with E-state index in [-0.39, 0.29) is 5.56 Å². The van der Waals surface area contributed by atoms with Crippen molar-refractivity contribution in [3.8, 4) is 0 Å². The number of hydrogen-bond donors (Lipinski definition) is 2. The van der Waals surface area contributed by atoms with Crippen molar-refractivity contribution in [3.05, 3.63) is 40.6 Å². The van der Waals surface area contributed by atoms with Gasteiger partial charge in [-0.2, -0.15) is 0 Å². The van der Waals surface area contributed by atoms with Gasteiger partial charge in [-0.15, -0.1) is 11.3 Å². The zero-order chi connectivity index (χ0) is 11.4. The van der Waals surface area contributed by atoms with E-state index in [1.165, 1.54) is 29.8 Å². The number of carbonyl (C=O) groups is 1. The molecule has 0 bridgehead atoms. The van der Waals surface area contributed by atoms with Crippen molar-refractivity contribution in [1.29, 1.82) is 0 Å². The molecule has 0 unspecified atom stereocenters. The van der Waals surface area contributed by atoms with E-state index in [2.05, 4.69) is 15.3 Å². The maximum absolute atomic E-state index is 10.9. The van der Waals surface area contributed by atoms with Crippen molar-refractivity contribution >= 4 is 23.0 Å². The van der Waals surface area contributed by atoms with Crippen LogP contribution in [0.4, 0.5) is 5.69 Å². The van der Waals surface area contributed by atoms with Crippen LogP contribution in [0.15, 0.2) is 29.4 Å². The van der Waals surface area contributed by atoms with Crippen LogP contribution in [0, 0.1) is 0 Å². The minimum atomic E-state index is -0.969. The lowest BCUT2D eigenvalue weighted by Crippen LogP contribution is -2.06. The predicted octanol–water partition coefficient (Wildman–Crippen LogP) is 1.85. The van der Waals surface area contributed by atoms with Gasteiger partial charge in [0.05, 0.1) is 35.2 Å². The molecule has 2 aromatic rings. The molecule has 6 heteroatoms. The number of carboxylic acids is 1. The maximum atomic E-state index is 10.9. The smallest absolute Gasteiger partial charge is 0.337 e. The summed E-state index contributed by atoms with van der Waals surface area (Å²) in [6.07, 6.45) is 2.95. The molecule has 0 aliphatic rings. The van der Waals surface area contributed by atoms with Gasteiger partial charge in [0.25, 0.3) is 0 Å². The monoisotopic (exact) mass is 235 g/mol. The Labute approximate surface area is 95.8 Å². The number of rotatable bonds is 4. The van der Waals surface area contributed by atoms with Crippen LogP contribution < -0.4 is 5.32 Å². The Morgan fingerprint density at radius 3 is 3.12 bits per heavy atom. The Balaban J connectivity index is 2.12. The number of carboxylic acid groups (broad SMARTS) is 1. The van der Waals surface area contributed by atoms with Gasteiger partial charge in [0, 0.05) is 11.6 Å². The van der Waals surface area contributed by atoms with Gasteiger partial charge in [-0.1, -0.05) is 0 Å². The molecule has 2 heterocycles. The average Bonchev–Trinajstić information content (AvgIpc) is 2.79. The molecule has 2 aromatic heterocycles. The highest BCUT2D eigenvalue weighted by Crippen LogP contribution is 2.14. The van der Waals surface area contributed by atoms with Crippen LogP contribution in [0.25, 0.3) is 0 Å². The Hall–Kier alpha value is -1.95. The summed E-state index contributed by atoms with van der Waals surface area (Å²) < 4.78 is 0. The molecule has 0 saturated heterocycles. The Kier molecular flexibility index (Phi) is 3.11. The molecule has 5 nitrogen and oxygen atoms in total. The topological polar surface area (TPSA) is 75.1 Å². The lowest BCUT2D eigenvalue weighted by molar-refractivity contribution is 0.0698. The van der Waals surface area contributed by atoms with Crippen molar-refractivity contribution in [1.82, 2.24) is 9.97 Å². The van der Waals surface area contributed by atoms with Crippen LogP contribution >= 0.6 is 11.3 Å². The van der Waals surface area contributed by atoms with Crippen LogP contribution in [-0.4, -0.2) is 21.0 Å². The van der Waals surface area contributed by atoms with Gasteiger partial charge in [0.2, 0.25) is 0 Å². The molecule has 0 spiro atoms. The first-order chi connectivity index (χ1) is 7.77. The summed E-state index contributed by atoms with van der Waals surface area (Å²) in [7, 11) is 0. The SMILES string of the molecule is O=C(O)c1ccncc1NCc1cscn1. The van der Waals surface area contributed by atoms with Crippen molar-refractivity contribution in [2.45, 2.75) is 6.54 Å². The fourth-order valence-electron chi connectivity index (χ4n) is 1.23. The van der Waals surface area contributed by atoms with E-state index < -0.39 is 5.97 Å². The number of nitrogens with zero attached hydrogens (tertiary/aromatic N) is 2. The highest BCUT2D eigenvalue weighted by Gasteiger charge is 2.09. The summed E-state index contributed by atoms with van der Waals surface area (Å²) in [5.41, 5.74) is 3.33. The Bertz CT molecular complexity index is 485. The molecule has 0 radical (unpaired) electrons. The first-order valence-corrected chi connectivity index (χ1v) is 5.50. The molecule has 0 aromatic carbocycles. The third-order valence-electron chi connectivity index (χ3n) is 1.99. The Morgan fingerprint density at radius 1 is 1.56 bits per heavy atom. The molecular weight excluding hydrogens is 226 g/mol. The first-order valence-electron chi connectivity index (χ1n) is 4.55. The van der Waals surface area contributed by atoms with E-state index in [0.717, 1.165) is 5.69 Å². The summed E-state index contributed by atoms with van der Waals surface area (Å²) in [6.45, 7) is 0.496. The summed E-state index contributed by atoms with van der Waals surface area (Å²) in [4.78, 5) is 18.9. The van der Waals surface area contributed by atoms with Crippen LogP contribution in [0.5, 0.6) is 0 Å². The first kappa shape index (κ1) is 10.6. The van der Waals surface area contributed by atoms with Crippen molar-refractivity contribution in [2.24, 2.45) is 0 Å². The van der Waals surface area contributed by atoms with Crippen molar-refractivity contribution in [3.63, 3.8) is 0 Å². The van der Waals surface area contributed by atoms with E-state index in [0.29, 0.717) is 12.2 Å². The fourth-order valence-corrected chi connectivity index (χ4v) is 1.79. The molecule has 0 aliphatic heterocycles. The summed E-state index contributed by atoms with van der Waals surface area (Å²) >= 11 is 1.50. The van der Waals surface area contributed by atoms with Gasteiger partial charge in [0.15, 0.2) is 0 Å². The standard InChI is InChI=1S/C10H9N3O2S/c14-10(15)8-1-2-11-4-9(8)12-3-7-5-16-6-13-7/h1-2,4-6,12H,3H2,(H,14,15). The summed E-state index contributed by atoms with van der Waals surface area (Å²) in [5, 5.41) is 13.8. The number of aromatic carboxylic acids is 1. The molecule has 2 N–H and O–H groups in total. The number of pyridine rings is 1. The van der Waals surface area contributed by atoms with Crippen LogP contribution in [0.1, 0.15) is 16.1 Å². The molecule has 0 amide bonds. The third-order valence-corrected chi connectivity index (χ3v) is 2.63. The van der Waals surface area contributed by atoms with Crippen molar-refractivity contribution in [2.75, 3.05) is 5.32 Å². The van der Waals surface area contributed by atoms with E-state index in [9.17, 15) is 4.79 Å². The molecule has 0 atom stereocenters. The number of thiazole rings is 1. The van der Waals surface area contributed by atoms with Crippen LogP contribution in [-0.2, 0) is 6.54 Å². The molecule has 0 aliphatic carbocycles. The number of nitrogens with one attached hydrogen (secondary N) is 1. The Morgan fingerprint density at radius 2 is 2.44 bits per heavy atom. The van der Waals surface area contributed by atoms with Gasteiger partial charge in [-0.25, -0.2) is 9.78 Å². The van der Waals surface area contributed by atoms with Crippen LogP contribution in [0.3, 0.4) is 0 Å². The molecule has 2 rings (SSSR count). The average molecular weight is 235 g/mol. The van der Waals surface area contributed by atoms with Crippen molar-refractivity contribution < 1.29 is 9.90 Å². The van der Waals surface area contributed by atoms with E-state index in [1.54, 1.807) is 5.51 Å². The molecule has 0 fully saturated rings. The van der Waals surface area contributed by atoms with E-state index in [4.69, 9.17) is 5.11 Å². The zero-order valence-electron chi connectivity index (χ0n) is 8.25. The number of hydrogen-bond acceptors (Lipinski definition) is 5. The largest absolute Gasteiger partial charge is 0.478 e. The molecular formula is C10H9N3O2S. The predicted molar refractivity (Wildman–Crippen MR) is 60.6 cm³/mol. The second-order valence-electron chi connectivity index (χ2n) is 3.06.